The zero-order valence-corrected chi connectivity index (χ0v) is 12.6. The first-order chi connectivity index (χ1) is 10.3. The van der Waals surface area contributed by atoms with Crippen molar-refractivity contribution in [1.29, 1.82) is 0 Å². The molecule has 2 saturated heterocycles. The third-order valence-electron chi connectivity index (χ3n) is 4.40. The van der Waals surface area contributed by atoms with Gasteiger partial charge in [-0.05, 0) is 6.54 Å². The largest absolute Gasteiger partial charge is 0.381 e. The molecule has 21 heavy (non-hydrogen) atoms. The molecule has 7 nitrogen and oxygen atoms in total. The van der Waals surface area contributed by atoms with Crippen LogP contribution in [0.1, 0.15) is 37.4 Å². The summed E-state index contributed by atoms with van der Waals surface area (Å²) >= 11 is 0. The molecule has 1 aromatic heterocycles. The minimum atomic E-state index is -0.479. The van der Waals surface area contributed by atoms with E-state index in [-0.39, 0.29) is 12.0 Å². The minimum absolute atomic E-state index is 0.111. The molecule has 7 heteroatoms. The van der Waals surface area contributed by atoms with Crippen LogP contribution >= 0.6 is 0 Å². The van der Waals surface area contributed by atoms with Crippen LogP contribution in [0.2, 0.25) is 0 Å². The van der Waals surface area contributed by atoms with Crippen LogP contribution in [0.3, 0.4) is 0 Å². The van der Waals surface area contributed by atoms with Crippen molar-refractivity contribution >= 4 is 0 Å². The van der Waals surface area contributed by atoms with E-state index in [9.17, 15) is 0 Å². The Morgan fingerprint density at radius 1 is 1.29 bits per heavy atom. The van der Waals surface area contributed by atoms with E-state index in [1.807, 2.05) is 0 Å². The molecule has 1 N–H and O–H groups in total. The van der Waals surface area contributed by atoms with Crippen LogP contribution in [0, 0.1) is 0 Å². The molecule has 2 unspecified atom stereocenters. The molecular formula is C14H23N3O4. The van der Waals surface area contributed by atoms with Crippen molar-refractivity contribution in [2.45, 2.75) is 37.3 Å². The summed E-state index contributed by atoms with van der Waals surface area (Å²) in [5.41, 5.74) is -0.479. The summed E-state index contributed by atoms with van der Waals surface area (Å²) < 4.78 is 22.2. The molecule has 0 aromatic carbocycles. The predicted octanol–water partition coefficient (Wildman–Crippen LogP) is 0.814. The van der Waals surface area contributed by atoms with Gasteiger partial charge in [-0.2, -0.15) is 4.98 Å². The van der Waals surface area contributed by atoms with Gasteiger partial charge < -0.3 is 24.1 Å². The molecule has 3 heterocycles. The van der Waals surface area contributed by atoms with E-state index in [2.05, 4.69) is 22.4 Å². The number of nitrogens with one attached hydrogen (secondary N) is 1. The molecule has 0 spiro atoms. The maximum Gasteiger partial charge on any atom is 0.233 e. The van der Waals surface area contributed by atoms with Gasteiger partial charge in [0.25, 0.3) is 0 Å². The van der Waals surface area contributed by atoms with Crippen LogP contribution < -0.4 is 5.32 Å². The van der Waals surface area contributed by atoms with Gasteiger partial charge >= 0.3 is 0 Å². The number of hydrogen-bond donors (Lipinski definition) is 1. The Labute approximate surface area is 124 Å². The van der Waals surface area contributed by atoms with Gasteiger partial charge in [0.15, 0.2) is 0 Å². The van der Waals surface area contributed by atoms with Gasteiger partial charge in [0, 0.05) is 39.2 Å². The molecule has 118 valence electrons. The van der Waals surface area contributed by atoms with Crippen LogP contribution in [0.25, 0.3) is 0 Å². The van der Waals surface area contributed by atoms with E-state index in [1.165, 1.54) is 0 Å². The zero-order chi connectivity index (χ0) is 14.7. The van der Waals surface area contributed by atoms with Crippen LogP contribution in [-0.2, 0) is 19.8 Å². The first kappa shape index (κ1) is 14.9. The van der Waals surface area contributed by atoms with E-state index in [0.29, 0.717) is 38.1 Å². The molecule has 0 saturated carbocycles. The molecule has 0 aliphatic carbocycles. The number of nitrogens with zero attached hydrogens (tertiary/aromatic N) is 2. The van der Waals surface area contributed by atoms with Crippen LogP contribution in [0.4, 0.5) is 0 Å². The highest BCUT2D eigenvalue weighted by molar-refractivity contribution is 5.08. The van der Waals surface area contributed by atoms with Gasteiger partial charge in [-0.1, -0.05) is 12.1 Å². The topological polar surface area (TPSA) is 78.6 Å². The number of methoxy groups -OCH3 is 1. The van der Waals surface area contributed by atoms with Crippen molar-refractivity contribution in [2.75, 3.05) is 40.1 Å². The Morgan fingerprint density at radius 3 is 2.81 bits per heavy atom. The Balaban J connectivity index is 1.79. The van der Waals surface area contributed by atoms with E-state index in [1.54, 1.807) is 7.11 Å². The fourth-order valence-corrected chi connectivity index (χ4v) is 3.05. The molecule has 0 radical (unpaired) electrons. The lowest BCUT2D eigenvalue weighted by Crippen LogP contribution is -2.37. The second kappa shape index (κ2) is 6.39. The Kier molecular flexibility index (Phi) is 4.54. The van der Waals surface area contributed by atoms with Gasteiger partial charge in [-0.25, -0.2) is 0 Å². The summed E-state index contributed by atoms with van der Waals surface area (Å²) in [6.07, 6.45) is 1.50. The van der Waals surface area contributed by atoms with E-state index in [4.69, 9.17) is 18.7 Å². The van der Waals surface area contributed by atoms with Crippen molar-refractivity contribution in [3.05, 3.63) is 11.7 Å². The highest BCUT2D eigenvalue weighted by Gasteiger charge is 2.41. The summed E-state index contributed by atoms with van der Waals surface area (Å²) in [4.78, 5) is 4.61. The van der Waals surface area contributed by atoms with Crippen molar-refractivity contribution < 1.29 is 18.7 Å². The van der Waals surface area contributed by atoms with Crippen molar-refractivity contribution in [3.63, 3.8) is 0 Å². The standard InChI is InChI=1S/C14H23N3O4/c1-3-15-11-9-20-8-10(11)12-16-13(17-21-12)14(18-2)4-6-19-7-5-14/h10-11,15H,3-9H2,1-2H3. The maximum absolute atomic E-state index is 5.70. The lowest BCUT2D eigenvalue weighted by atomic mass is 9.93. The SMILES string of the molecule is CCNC1COCC1c1nc(C2(OC)CCOCC2)no1. The average molecular weight is 297 g/mol. The van der Waals surface area contributed by atoms with Gasteiger partial charge in [0.2, 0.25) is 11.7 Å². The van der Waals surface area contributed by atoms with Crippen molar-refractivity contribution in [3.8, 4) is 0 Å². The summed E-state index contributed by atoms with van der Waals surface area (Å²) in [6.45, 7) is 5.58. The van der Waals surface area contributed by atoms with Gasteiger partial charge in [-0.3, -0.25) is 0 Å². The summed E-state index contributed by atoms with van der Waals surface area (Å²) in [5, 5.41) is 7.57. The Bertz CT molecular complexity index is 459. The average Bonchev–Trinajstić information content (AvgIpc) is 3.17. The van der Waals surface area contributed by atoms with E-state index < -0.39 is 5.60 Å². The normalized spacial score (nSPS) is 28.9. The Hall–Kier alpha value is -1.02. The number of rotatable bonds is 5. The van der Waals surface area contributed by atoms with E-state index >= 15 is 0 Å². The monoisotopic (exact) mass is 297 g/mol. The smallest absolute Gasteiger partial charge is 0.233 e. The van der Waals surface area contributed by atoms with Crippen molar-refractivity contribution in [2.24, 2.45) is 0 Å². The number of likely N-dealkylation sites (N-methyl/N-ethyl adjacent to an activating group) is 1. The molecule has 0 amide bonds. The number of hydrogen-bond acceptors (Lipinski definition) is 7. The quantitative estimate of drug-likeness (QED) is 0.861. The summed E-state index contributed by atoms with van der Waals surface area (Å²) in [7, 11) is 1.70. The molecule has 1 aromatic rings. The molecule has 2 aliphatic heterocycles. The molecule has 2 aliphatic rings. The number of ether oxygens (including phenoxy) is 3. The molecule has 0 bridgehead atoms. The van der Waals surface area contributed by atoms with Crippen LogP contribution in [0.5, 0.6) is 0 Å². The predicted molar refractivity (Wildman–Crippen MR) is 74.1 cm³/mol. The Morgan fingerprint density at radius 2 is 2.10 bits per heavy atom. The highest BCUT2D eigenvalue weighted by Crippen LogP contribution is 2.35. The molecule has 2 fully saturated rings. The second-order valence-corrected chi connectivity index (χ2v) is 5.58. The lowest BCUT2D eigenvalue weighted by Gasteiger charge is -2.32. The summed E-state index contributed by atoms with van der Waals surface area (Å²) in [5.74, 6) is 1.38. The summed E-state index contributed by atoms with van der Waals surface area (Å²) in [6, 6.07) is 0.233. The first-order valence-electron chi connectivity index (χ1n) is 7.57. The van der Waals surface area contributed by atoms with Crippen molar-refractivity contribution in [1.82, 2.24) is 15.5 Å². The van der Waals surface area contributed by atoms with Gasteiger partial charge in [0.1, 0.15) is 5.60 Å². The fourth-order valence-electron chi connectivity index (χ4n) is 3.05. The van der Waals surface area contributed by atoms with E-state index in [0.717, 1.165) is 19.4 Å². The van der Waals surface area contributed by atoms with Gasteiger partial charge in [-0.15, -0.1) is 0 Å². The highest BCUT2D eigenvalue weighted by atomic mass is 16.5. The maximum atomic E-state index is 5.70. The zero-order valence-electron chi connectivity index (χ0n) is 12.6. The van der Waals surface area contributed by atoms with Crippen LogP contribution in [0.15, 0.2) is 4.52 Å². The fraction of sp³-hybridized carbons (Fsp3) is 0.857. The minimum Gasteiger partial charge on any atom is -0.381 e. The molecule has 2 atom stereocenters. The lowest BCUT2D eigenvalue weighted by molar-refractivity contribution is -0.101. The number of aromatic nitrogens is 2. The first-order valence-corrected chi connectivity index (χ1v) is 7.57. The molecular weight excluding hydrogens is 274 g/mol. The third-order valence-corrected chi connectivity index (χ3v) is 4.40. The second-order valence-electron chi connectivity index (χ2n) is 5.58. The molecule has 3 rings (SSSR count). The van der Waals surface area contributed by atoms with Gasteiger partial charge in [0.05, 0.1) is 19.1 Å². The third kappa shape index (κ3) is 2.83. The van der Waals surface area contributed by atoms with Crippen LogP contribution in [-0.4, -0.2) is 56.3 Å².